The average Bonchev–Trinajstić information content (AvgIpc) is 2.68. The first-order valence-corrected chi connectivity index (χ1v) is 7.59. The third-order valence-corrected chi connectivity index (χ3v) is 4.10. The van der Waals surface area contributed by atoms with E-state index in [2.05, 4.69) is 23.3 Å². The third kappa shape index (κ3) is 3.74. The standard InChI is InChI=1S/C17H22BFN2O3/c1-11(2)21-15(20-7)22-14-9-8-12(10-13(14)19)18-23-16(3,4)17(5,6)24-18/h8-10H,1,7H2,2-6H3. The van der Waals surface area contributed by atoms with Crippen LogP contribution in [-0.2, 0) is 9.31 Å². The van der Waals surface area contributed by atoms with E-state index in [1.807, 2.05) is 27.7 Å². The number of hydrogen-bond acceptors (Lipinski definition) is 4. The van der Waals surface area contributed by atoms with Crippen LogP contribution in [0.4, 0.5) is 4.39 Å². The molecule has 0 aromatic heterocycles. The van der Waals surface area contributed by atoms with Crippen molar-refractivity contribution in [1.29, 1.82) is 0 Å². The maximum absolute atomic E-state index is 14.3. The van der Waals surface area contributed by atoms with E-state index in [1.54, 1.807) is 13.0 Å². The van der Waals surface area contributed by atoms with Gasteiger partial charge in [-0.05, 0) is 58.9 Å². The van der Waals surface area contributed by atoms with Crippen LogP contribution in [0.2, 0.25) is 0 Å². The van der Waals surface area contributed by atoms with Crippen molar-refractivity contribution in [3.63, 3.8) is 0 Å². The number of nitrogens with zero attached hydrogens (tertiary/aromatic N) is 2. The molecule has 128 valence electrons. The van der Waals surface area contributed by atoms with Crippen molar-refractivity contribution in [1.82, 2.24) is 0 Å². The highest BCUT2D eigenvalue weighted by Crippen LogP contribution is 2.36. The van der Waals surface area contributed by atoms with Gasteiger partial charge >= 0.3 is 13.1 Å². The maximum atomic E-state index is 14.3. The molecule has 0 bridgehead atoms. The lowest BCUT2D eigenvalue weighted by Gasteiger charge is -2.32. The first-order chi connectivity index (χ1) is 11.1. The predicted molar refractivity (Wildman–Crippen MR) is 94.5 cm³/mol. The first-order valence-electron chi connectivity index (χ1n) is 7.59. The van der Waals surface area contributed by atoms with Crippen molar-refractivity contribution in [2.75, 3.05) is 0 Å². The van der Waals surface area contributed by atoms with Crippen LogP contribution in [0.15, 0.2) is 40.5 Å². The zero-order valence-electron chi connectivity index (χ0n) is 14.7. The molecule has 0 amide bonds. The molecule has 5 nitrogen and oxygen atoms in total. The Morgan fingerprint density at radius 3 is 2.25 bits per heavy atom. The van der Waals surface area contributed by atoms with Crippen LogP contribution in [0.25, 0.3) is 0 Å². The Bertz CT molecular complexity index is 685. The minimum absolute atomic E-state index is 0.0114. The van der Waals surface area contributed by atoms with Crippen molar-refractivity contribution < 1.29 is 18.4 Å². The quantitative estimate of drug-likeness (QED) is 0.486. The van der Waals surface area contributed by atoms with Crippen molar-refractivity contribution in [3.05, 3.63) is 36.3 Å². The van der Waals surface area contributed by atoms with E-state index in [1.165, 1.54) is 12.1 Å². The second kappa shape index (κ2) is 6.49. The molecule has 2 rings (SSSR count). The Labute approximate surface area is 142 Å². The highest BCUT2D eigenvalue weighted by Gasteiger charge is 2.51. The number of hydrogen-bond donors (Lipinski definition) is 0. The van der Waals surface area contributed by atoms with Gasteiger partial charge in [-0.15, -0.1) is 0 Å². The zero-order valence-corrected chi connectivity index (χ0v) is 14.7. The van der Waals surface area contributed by atoms with Crippen molar-refractivity contribution >= 4 is 25.3 Å². The van der Waals surface area contributed by atoms with Gasteiger partial charge in [0.2, 0.25) is 0 Å². The van der Waals surface area contributed by atoms with E-state index >= 15 is 0 Å². The summed E-state index contributed by atoms with van der Waals surface area (Å²) in [5, 5.41) is 0. The van der Waals surface area contributed by atoms with Gasteiger partial charge in [-0.25, -0.2) is 14.4 Å². The second-order valence-electron chi connectivity index (χ2n) is 6.67. The lowest BCUT2D eigenvalue weighted by Crippen LogP contribution is -2.41. The Hall–Kier alpha value is -1.99. The minimum atomic E-state index is -0.639. The summed E-state index contributed by atoms with van der Waals surface area (Å²) in [6, 6.07) is 4.42. The Balaban J connectivity index is 2.22. The number of benzene rings is 1. The summed E-state index contributed by atoms with van der Waals surface area (Å²) in [4.78, 5) is 7.53. The number of ether oxygens (including phenoxy) is 1. The first kappa shape index (κ1) is 18.4. The number of rotatable bonds is 3. The molecule has 0 aliphatic carbocycles. The normalized spacial score (nSPS) is 19.2. The van der Waals surface area contributed by atoms with E-state index < -0.39 is 24.1 Å². The van der Waals surface area contributed by atoms with Crippen LogP contribution in [0.5, 0.6) is 5.75 Å². The fourth-order valence-electron chi connectivity index (χ4n) is 2.08. The lowest BCUT2D eigenvalue weighted by atomic mass is 9.79. The maximum Gasteiger partial charge on any atom is 0.494 e. The average molecular weight is 332 g/mol. The smallest absolute Gasteiger partial charge is 0.421 e. The summed E-state index contributed by atoms with van der Waals surface area (Å²) in [6.07, 6.45) is 0. The summed E-state index contributed by atoms with van der Waals surface area (Å²) >= 11 is 0. The molecule has 1 aliphatic rings. The number of halogens is 1. The Kier molecular flexibility index (Phi) is 4.96. The van der Waals surface area contributed by atoms with Gasteiger partial charge in [0.05, 0.1) is 11.2 Å². The van der Waals surface area contributed by atoms with Gasteiger partial charge in [0.1, 0.15) is 0 Å². The Morgan fingerprint density at radius 1 is 1.21 bits per heavy atom. The second-order valence-corrected chi connectivity index (χ2v) is 6.67. The van der Waals surface area contributed by atoms with E-state index in [0.29, 0.717) is 11.2 Å². The molecule has 24 heavy (non-hydrogen) atoms. The molecule has 1 aromatic rings. The molecule has 0 spiro atoms. The topological polar surface area (TPSA) is 52.4 Å². The van der Waals surface area contributed by atoms with E-state index in [4.69, 9.17) is 14.0 Å². The summed E-state index contributed by atoms with van der Waals surface area (Å²) < 4.78 is 31.5. The van der Waals surface area contributed by atoms with Crippen LogP contribution >= 0.6 is 0 Å². The van der Waals surface area contributed by atoms with Gasteiger partial charge in [-0.2, -0.15) is 0 Å². The molecule has 0 atom stereocenters. The molecule has 1 saturated heterocycles. The fourth-order valence-corrected chi connectivity index (χ4v) is 2.08. The molecule has 7 heteroatoms. The largest absolute Gasteiger partial charge is 0.494 e. The van der Waals surface area contributed by atoms with Crippen LogP contribution in [0.1, 0.15) is 34.6 Å². The molecule has 0 unspecified atom stereocenters. The summed E-state index contributed by atoms with van der Waals surface area (Å²) in [5.41, 5.74) is 0.0736. The molecular weight excluding hydrogens is 310 g/mol. The van der Waals surface area contributed by atoms with Crippen LogP contribution in [-0.4, -0.2) is 31.1 Å². The number of amidine groups is 1. The fraction of sp³-hybridized carbons (Fsp3) is 0.412. The number of allylic oxidation sites excluding steroid dienone is 1. The summed E-state index contributed by atoms with van der Waals surface area (Å²) in [5.74, 6) is -0.581. The predicted octanol–water partition coefficient (Wildman–Crippen LogP) is 3.09. The van der Waals surface area contributed by atoms with Crippen LogP contribution in [0, 0.1) is 5.82 Å². The summed E-state index contributed by atoms with van der Waals surface area (Å²) in [6.45, 7) is 16.4. The zero-order chi connectivity index (χ0) is 18.1. The summed E-state index contributed by atoms with van der Waals surface area (Å²) in [7, 11) is -0.639. The molecule has 0 saturated carbocycles. The monoisotopic (exact) mass is 332 g/mol. The molecule has 1 heterocycles. The van der Waals surface area contributed by atoms with Crippen molar-refractivity contribution in [2.24, 2.45) is 9.98 Å². The molecule has 0 N–H and O–H groups in total. The van der Waals surface area contributed by atoms with E-state index in [-0.39, 0.29) is 11.8 Å². The molecular formula is C17H22BFN2O3. The Morgan fingerprint density at radius 2 is 1.79 bits per heavy atom. The highest BCUT2D eigenvalue weighted by atomic mass is 19.1. The van der Waals surface area contributed by atoms with Crippen LogP contribution < -0.4 is 10.2 Å². The van der Waals surface area contributed by atoms with Gasteiger partial charge in [0.25, 0.3) is 0 Å². The van der Waals surface area contributed by atoms with Gasteiger partial charge in [0.15, 0.2) is 11.6 Å². The van der Waals surface area contributed by atoms with Crippen molar-refractivity contribution in [3.8, 4) is 5.75 Å². The highest BCUT2D eigenvalue weighted by molar-refractivity contribution is 6.62. The molecule has 1 aliphatic heterocycles. The van der Waals surface area contributed by atoms with Gasteiger partial charge in [0, 0.05) is 5.70 Å². The number of aliphatic imine (C=N–C) groups is 2. The molecule has 1 aromatic carbocycles. The van der Waals surface area contributed by atoms with E-state index in [9.17, 15) is 4.39 Å². The minimum Gasteiger partial charge on any atom is -0.421 e. The molecule has 1 fully saturated rings. The van der Waals surface area contributed by atoms with E-state index in [0.717, 1.165) is 0 Å². The lowest BCUT2D eigenvalue weighted by molar-refractivity contribution is 0.00578. The van der Waals surface area contributed by atoms with Gasteiger partial charge in [-0.3, -0.25) is 0 Å². The van der Waals surface area contributed by atoms with Crippen LogP contribution in [0.3, 0.4) is 0 Å². The van der Waals surface area contributed by atoms with Crippen molar-refractivity contribution in [2.45, 2.75) is 45.8 Å². The third-order valence-electron chi connectivity index (χ3n) is 4.10. The SMILES string of the molecule is C=NC(=NC(=C)C)Oc1ccc(B2OC(C)(C)C(C)(C)O2)cc1F. The molecule has 0 radical (unpaired) electrons. The van der Waals surface area contributed by atoms with Gasteiger partial charge < -0.3 is 14.0 Å². The van der Waals surface area contributed by atoms with Gasteiger partial charge in [-0.1, -0.05) is 12.6 Å².